The normalized spacial score (nSPS) is 18.5. The van der Waals surface area contributed by atoms with Gasteiger partial charge in [0.25, 0.3) is 5.91 Å². The van der Waals surface area contributed by atoms with Gasteiger partial charge in [0.05, 0.1) is 0 Å². The number of rotatable bonds is 2. The number of benzene rings is 3. The molecule has 0 aliphatic carbocycles. The van der Waals surface area contributed by atoms with Crippen molar-refractivity contribution >= 4 is 28.4 Å². The fourth-order valence-electron chi connectivity index (χ4n) is 3.51. The van der Waals surface area contributed by atoms with Crippen molar-refractivity contribution in [3.8, 4) is 11.5 Å². The number of hydrogen-bond donors (Lipinski definition) is 0. The molecule has 26 heavy (non-hydrogen) atoms. The van der Waals surface area contributed by atoms with Crippen molar-refractivity contribution < 1.29 is 14.3 Å². The average molecular weight is 363 g/mol. The van der Waals surface area contributed by atoms with Crippen LogP contribution in [0.3, 0.4) is 0 Å². The molecule has 2 aliphatic rings. The average Bonchev–Trinajstić information content (AvgIpc) is 3.35. The van der Waals surface area contributed by atoms with Crippen molar-refractivity contribution in [3.05, 3.63) is 71.8 Å². The summed E-state index contributed by atoms with van der Waals surface area (Å²) >= 11 is 1.78. The Morgan fingerprint density at radius 2 is 1.81 bits per heavy atom. The highest BCUT2D eigenvalue weighted by atomic mass is 32.2. The standard InChI is InChI=1S/C21H17NO3S/c23-20(16-6-5-14-3-1-2-4-15(14)11-16)22-9-10-26-21(22)17-7-8-18-19(12-17)25-13-24-18/h1-8,11-12,21H,9-10,13H2/t21-/m0/s1. The lowest BCUT2D eigenvalue weighted by atomic mass is 10.1. The van der Waals surface area contributed by atoms with Crippen LogP contribution in [-0.4, -0.2) is 29.9 Å². The lowest BCUT2D eigenvalue weighted by molar-refractivity contribution is 0.0760. The molecule has 5 rings (SSSR count). The second-order valence-corrected chi connectivity index (χ2v) is 7.58. The Kier molecular flexibility index (Phi) is 3.75. The van der Waals surface area contributed by atoms with Crippen LogP contribution in [0.25, 0.3) is 10.8 Å². The number of nitrogens with zero attached hydrogens (tertiary/aromatic N) is 1. The quantitative estimate of drug-likeness (QED) is 0.674. The van der Waals surface area contributed by atoms with E-state index in [1.54, 1.807) is 11.8 Å². The second kappa shape index (κ2) is 6.25. The molecule has 0 bridgehead atoms. The third-order valence-corrected chi connectivity index (χ3v) is 6.09. The molecule has 0 radical (unpaired) electrons. The SMILES string of the molecule is O=C(c1ccc2ccccc2c1)N1CCS[C@H]1c1ccc2c(c1)OCO2. The van der Waals surface area contributed by atoms with Crippen LogP contribution in [-0.2, 0) is 0 Å². The first-order chi connectivity index (χ1) is 12.8. The Morgan fingerprint density at radius 3 is 2.73 bits per heavy atom. The first-order valence-electron chi connectivity index (χ1n) is 8.60. The van der Waals surface area contributed by atoms with Crippen molar-refractivity contribution in [2.24, 2.45) is 0 Å². The Morgan fingerprint density at radius 1 is 0.962 bits per heavy atom. The molecule has 0 aromatic heterocycles. The molecule has 1 atom stereocenters. The fourth-order valence-corrected chi connectivity index (χ4v) is 4.75. The summed E-state index contributed by atoms with van der Waals surface area (Å²) < 4.78 is 10.9. The third-order valence-electron chi connectivity index (χ3n) is 4.83. The highest BCUT2D eigenvalue weighted by Crippen LogP contribution is 2.42. The second-order valence-electron chi connectivity index (χ2n) is 6.40. The minimum atomic E-state index is 0.00321. The maximum absolute atomic E-state index is 13.2. The van der Waals surface area contributed by atoms with E-state index in [1.165, 1.54) is 0 Å². The number of amides is 1. The van der Waals surface area contributed by atoms with E-state index in [4.69, 9.17) is 9.47 Å². The molecular formula is C21H17NO3S. The Balaban J connectivity index is 1.46. The van der Waals surface area contributed by atoms with E-state index in [0.29, 0.717) is 0 Å². The van der Waals surface area contributed by atoms with E-state index < -0.39 is 0 Å². The van der Waals surface area contributed by atoms with Crippen LogP contribution in [0.15, 0.2) is 60.7 Å². The van der Waals surface area contributed by atoms with Crippen molar-refractivity contribution in [1.82, 2.24) is 4.90 Å². The third kappa shape index (κ3) is 2.59. The zero-order chi connectivity index (χ0) is 17.5. The maximum atomic E-state index is 13.2. The van der Waals surface area contributed by atoms with Crippen LogP contribution >= 0.6 is 11.8 Å². The summed E-state index contributed by atoms with van der Waals surface area (Å²) in [5, 5.41) is 2.24. The summed E-state index contributed by atoms with van der Waals surface area (Å²) in [5.41, 5.74) is 1.81. The monoisotopic (exact) mass is 363 g/mol. The van der Waals surface area contributed by atoms with E-state index in [9.17, 15) is 4.79 Å². The Labute approximate surface area is 155 Å². The number of fused-ring (bicyclic) bond motifs is 2. The van der Waals surface area contributed by atoms with Gasteiger partial charge in [-0.2, -0.15) is 0 Å². The van der Waals surface area contributed by atoms with Gasteiger partial charge in [-0.05, 0) is 40.6 Å². The first-order valence-corrected chi connectivity index (χ1v) is 9.65. The number of ether oxygens (including phenoxy) is 2. The molecule has 3 aromatic rings. The van der Waals surface area contributed by atoms with Gasteiger partial charge in [-0.25, -0.2) is 0 Å². The maximum Gasteiger partial charge on any atom is 0.255 e. The van der Waals surface area contributed by atoms with E-state index in [-0.39, 0.29) is 18.1 Å². The number of hydrogen-bond acceptors (Lipinski definition) is 4. The van der Waals surface area contributed by atoms with E-state index in [0.717, 1.165) is 45.7 Å². The van der Waals surface area contributed by atoms with Gasteiger partial charge in [-0.1, -0.05) is 36.4 Å². The van der Waals surface area contributed by atoms with Gasteiger partial charge in [0, 0.05) is 17.9 Å². The van der Waals surface area contributed by atoms with Gasteiger partial charge in [0.15, 0.2) is 11.5 Å². The minimum Gasteiger partial charge on any atom is -0.454 e. The number of carbonyl (C=O) groups excluding carboxylic acids is 1. The van der Waals surface area contributed by atoms with E-state index in [1.807, 2.05) is 59.5 Å². The van der Waals surface area contributed by atoms with Crippen LogP contribution in [0, 0.1) is 0 Å². The first kappa shape index (κ1) is 15.6. The summed E-state index contributed by atoms with van der Waals surface area (Å²) in [6, 6.07) is 20.0. The van der Waals surface area contributed by atoms with Crippen LogP contribution in [0.2, 0.25) is 0 Å². The summed E-state index contributed by atoms with van der Waals surface area (Å²) in [6.45, 7) is 1.01. The van der Waals surface area contributed by atoms with Gasteiger partial charge in [0.2, 0.25) is 6.79 Å². The van der Waals surface area contributed by atoms with Crippen molar-refractivity contribution in [1.29, 1.82) is 0 Å². The summed E-state index contributed by atoms with van der Waals surface area (Å²) in [7, 11) is 0. The van der Waals surface area contributed by atoms with Gasteiger partial charge in [0.1, 0.15) is 5.37 Å². The molecule has 3 aromatic carbocycles. The molecule has 0 saturated carbocycles. The predicted molar refractivity (Wildman–Crippen MR) is 103 cm³/mol. The lowest BCUT2D eigenvalue weighted by Crippen LogP contribution is -2.30. The molecule has 2 heterocycles. The zero-order valence-corrected chi connectivity index (χ0v) is 14.9. The smallest absolute Gasteiger partial charge is 0.255 e. The largest absolute Gasteiger partial charge is 0.454 e. The molecule has 4 nitrogen and oxygen atoms in total. The fraction of sp³-hybridized carbons (Fsp3) is 0.190. The molecule has 1 fully saturated rings. The van der Waals surface area contributed by atoms with Crippen LogP contribution < -0.4 is 9.47 Å². The van der Waals surface area contributed by atoms with E-state index in [2.05, 4.69) is 6.07 Å². The van der Waals surface area contributed by atoms with Gasteiger partial charge < -0.3 is 14.4 Å². The Bertz CT molecular complexity index is 1000. The highest BCUT2D eigenvalue weighted by Gasteiger charge is 2.32. The lowest BCUT2D eigenvalue weighted by Gasteiger charge is -2.24. The number of thioether (sulfide) groups is 1. The molecule has 5 heteroatoms. The van der Waals surface area contributed by atoms with Crippen molar-refractivity contribution in [2.75, 3.05) is 19.1 Å². The molecular weight excluding hydrogens is 346 g/mol. The summed E-state index contributed by atoms with van der Waals surface area (Å²) in [4.78, 5) is 15.1. The van der Waals surface area contributed by atoms with E-state index >= 15 is 0 Å². The zero-order valence-electron chi connectivity index (χ0n) is 14.1. The molecule has 1 saturated heterocycles. The van der Waals surface area contributed by atoms with Crippen LogP contribution in [0.5, 0.6) is 11.5 Å². The molecule has 0 unspecified atom stereocenters. The minimum absolute atomic E-state index is 0.00321. The molecule has 0 spiro atoms. The van der Waals surface area contributed by atoms with Crippen molar-refractivity contribution in [2.45, 2.75) is 5.37 Å². The summed E-state index contributed by atoms with van der Waals surface area (Å²) in [5.74, 6) is 2.53. The van der Waals surface area contributed by atoms with Gasteiger partial charge in [-0.15, -0.1) is 11.8 Å². The topological polar surface area (TPSA) is 38.8 Å². The molecule has 130 valence electrons. The Hall–Kier alpha value is -2.66. The number of carbonyl (C=O) groups is 1. The molecule has 1 amide bonds. The highest BCUT2D eigenvalue weighted by molar-refractivity contribution is 7.99. The van der Waals surface area contributed by atoms with Gasteiger partial charge >= 0.3 is 0 Å². The molecule has 2 aliphatic heterocycles. The molecule has 0 N–H and O–H groups in total. The van der Waals surface area contributed by atoms with Gasteiger partial charge in [-0.3, -0.25) is 4.79 Å². The van der Waals surface area contributed by atoms with Crippen LogP contribution in [0.4, 0.5) is 0 Å². The summed E-state index contributed by atoms with van der Waals surface area (Å²) in [6.07, 6.45) is 0. The predicted octanol–water partition coefficient (Wildman–Crippen LogP) is 4.46. The van der Waals surface area contributed by atoms with Crippen LogP contribution in [0.1, 0.15) is 21.3 Å². The van der Waals surface area contributed by atoms with Crippen molar-refractivity contribution in [3.63, 3.8) is 0 Å².